The van der Waals surface area contributed by atoms with Gasteiger partial charge in [-0.05, 0) is 67.9 Å². The van der Waals surface area contributed by atoms with Gasteiger partial charge in [-0.3, -0.25) is 14.5 Å². The molecule has 1 heterocycles. The van der Waals surface area contributed by atoms with Gasteiger partial charge in [-0.1, -0.05) is 35.3 Å². The zero-order chi connectivity index (χ0) is 26.7. The van der Waals surface area contributed by atoms with E-state index in [0.29, 0.717) is 36.0 Å². The van der Waals surface area contributed by atoms with Crippen LogP contribution in [0.2, 0.25) is 10.0 Å². The Kier molecular flexibility index (Phi) is 7.95. The van der Waals surface area contributed by atoms with Gasteiger partial charge in [0.15, 0.2) is 0 Å². The van der Waals surface area contributed by atoms with Crippen LogP contribution in [-0.4, -0.2) is 37.1 Å². The van der Waals surface area contributed by atoms with E-state index in [1.165, 1.54) is 24.1 Å². The molecule has 3 aromatic carbocycles. The summed E-state index contributed by atoms with van der Waals surface area (Å²) in [4.78, 5) is 28.2. The van der Waals surface area contributed by atoms with Gasteiger partial charge in [0.05, 0.1) is 42.5 Å². The number of aliphatic hydroxyl groups excluding tert-OH is 1. The van der Waals surface area contributed by atoms with Crippen LogP contribution < -0.4 is 19.1 Å². The molecule has 1 fully saturated rings. The lowest BCUT2D eigenvalue weighted by atomic mass is 9.94. The highest BCUT2D eigenvalue weighted by Gasteiger charge is 2.47. The Morgan fingerprint density at radius 3 is 2.03 bits per heavy atom. The highest BCUT2D eigenvalue weighted by Crippen LogP contribution is 2.45. The largest absolute Gasteiger partial charge is 0.507 e. The van der Waals surface area contributed by atoms with Crippen molar-refractivity contribution in [1.29, 1.82) is 0 Å². The van der Waals surface area contributed by atoms with Gasteiger partial charge in [0.2, 0.25) is 0 Å². The molecule has 4 rings (SSSR count). The van der Waals surface area contributed by atoms with Gasteiger partial charge in [-0.15, -0.1) is 0 Å². The van der Waals surface area contributed by atoms with Crippen molar-refractivity contribution in [2.24, 2.45) is 0 Å². The SMILES string of the molecule is CCOc1ccc(C2/C(=C(\O)c3cc(Cl)cc(Cl)c3OC)C(=O)C(=O)N2c2ccc(OCC)cc2)cc1. The maximum atomic E-state index is 13.4. The van der Waals surface area contributed by atoms with E-state index in [-0.39, 0.29) is 26.9 Å². The van der Waals surface area contributed by atoms with Crippen molar-refractivity contribution in [2.75, 3.05) is 25.2 Å². The number of amides is 1. The van der Waals surface area contributed by atoms with Crippen molar-refractivity contribution in [2.45, 2.75) is 19.9 Å². The smallest absolute Gasteiger partial charge is 0.300 e. The Morgan fingerprint density at radius 1 is 0.919 bits per heavy atom. The zero-order valence-electron chi connectivity index (χ0n) is 20.5. The van der Waals surface area contributed by atoms with E-state index in [2.05, 4.69) is 0 Å². The molecule has 0 saturated carbocycles. The number of methoxy groups -OCH3 is 1. The molecule has 1 unspecified atom stereocenters. The molecular formula is C28H25Cl2NO6. The van der Waals surface area contributed by atoms with Gasteiger partial charge in [0.1, 0.15) is 23.0 Å². The van der Waals surface area contributed by atoms with Crippen LogP contribution >= 0.6 is 23.2 Å². The molecular weight excluding hydrogens is 517 g/mol. The first-order chi connectivity index (χ1) is 17.8. The molecule has 9 heteroatoms. The maximum Gasteiger partial charge on any atom is 0.300 e. The Bertz CT molecular complexity index is 1350. The monoisotopic (exact) mass is 541 g/mol. The van der Waals surface area contributed by atoms with E-state index in [9.17, 15) is 14.7 Å². The number of hydrogen-bond donors (Lipinski definition) is 1. The quantitative estimate of drug-likeness (QED) is 0.201. The lowest BCUT2D eigenvalue weighted by molar-refractivity contribution is -0.132. The second-order valence-electron chi connectivity index (χ2n) is 8.07. The number of Topliss-reactive ketones (excluding diaryl/α,β-unsaturated/α-hetero) is 1. The summed E-state index contributed by atoms with van der Waals surface area (Å²) in [6, 6.07) is 15.7. The first-order valence-corrected chi connectivity index (χ1v) is 12.4. The van der Waals surface area contributed by atoms with Crippen LogP contribution in [0.25, 0.3) is 5.76 Å². The van der Waals surface area contributed by atoms with Gasteiger partial charge in [-0.25, -0.2) is 0 Å². The van der Waals surface area contributed by atoms with Crippen molar-refractivity contribution >= 4 is 46.3 Å². The summed E-state index contributed by atoms with van der Waals surface area (Å²) in [5.74, 6) is -0.723. The molecule has 1 amide bonds. The van der Waals surface area contributed by atoms with E-state index in [4.69, 9.17) is 37.4 Å². The Labute approximate surface area is 224 Å². The maximum absolute atomic E-state index is 13.4. The molecule has 1 N–H and O–H groups in total. The molecule has 1 aliphatic rings. The van der Waals surface area contributed by atoms with Crippen LogP contribution in [-0.2, 0) is 9.59 Å². The minimum absolute atomic E-state index is 0.0978. The van der Waals surface area contributed by atoms with E-state index in [0.717, 1.165) is 0 Å². The fourth-order valence-corrected chi connectivity index (χ4v) is 4.86. The third kappa shape index (κ3) is 5.10. The fraction of sp³-hybridized carbons (Fsp3) is 0.214. The predicted molar refractivity (Wildman–Crippen MR) is 143 cm³/mol. The van der Waals surface area contributed by atoms with Crippen LogP contribution in [0.3, 0.4) is 0 Å². The van der Waals surface area contributed by atoms with Crippen molar-refractivity contribution < 1.29 is 28.9 Å². The van der Waals surface area contributed by atoms with Gasteiger partial charge in [0.25, 0.3) is 11.7 Å². The summed E-state index contributed by atoms with van der Waals surface area (Å²) in [5.41, 5.74) is 1.02. The average molecular weight is 542 g/mol. The molecule has 0 aliphatic carbocycles. The van der Waals surface area contributed by atoms with E-state index in [1.807, 2.05) is 13.8 Å². The second kappa shape index (κ2) is 11.2. The Balaban J connectivity index is 1.93. The summed E-state index contributed by atoms with van der Waals surface area (Å²) in [7, 11) is 1.38. The number of halogens is 2. The number of hydrogen-bond acceptors (Lipinski definition) is 6. The number of carbonyl (C=O) groups is 2. The van der Waals surface area contributed by atoms with Crippen molar-refractivity contribution in [3.63, 3.8) is 0 Å². The number of benzene rings is 3. The number of ether oxygens (including phenoxy) is 3. The van der Waals surface area contributed by atoms with Gasteiger partial charge < -0.3 is 19.3 Å². The summed E-state index contributed by atoms with van der Waals surface area (Å²) in [5, 5.41) is 11.8. The lowest BCUT2D eigenvalue weighted by Gasteiger charge is -2.26. The minimum Gasteiger partial charge on any atom is -0.507 e. The number of ketones is 1. The highest BCUT2D eigenvalue weighted by atomic mass is 35.5. The van der Waals surface area contributed by atoms with Gasteiger partial charge in [-0.2, -0.15) is 0 Å². The standard InChI is InChI=1S/C28H25Cl2NO6/c1-4-36-19-10-6-16(7-11-19)24-23(25(32)21-14-17(29)15-22(30)27(21)35-3)26(33)28(34)31(24)18-8-12-20(13-9-18)37-5-2/h6-15,24,32H,4-5H2,1-3H3/b25-23+. The molecule has 3 aromatic rings. The van der Waals surface area contributed by atoms with Gasteiger partial charge >= 0.3 is 0 Å². The van der Waals surface area contributed by atoms with Crippen molar-refractivity contribution in [3.8, 4) is 17.2 Å². The van der Waals surface area contributed by atoms with Gasteiger partial charge in [0, 0.05) is 10.7 Å². The van der Waals surface area contributed by atoms with Crippen LogP contribution in [0.4, 0.5) is 5.69 Å². The van der Waals surface area contributed by atoms with Crippen LogP contribution in [0.5, 0.6) is 17.2 Å². The molecule has 0 radical (unpaired) electrons. The van der Waals surface area contributed by atoms with E-state index < -0.39 is 23.5 Å². The molecule has 7 nitrogen and oxygen atoms in total. The normalized spacial score (nSPS) is 16.7. The Hall–Kier alpha value is -3.68. The van der Waals surface area contributed by atoms with Crippen molar-refractivity contribution in [3.05, 3.63) is 87.4 Å². The Morgan fingerprint density at radius 2 is 1.49 bits per heavy atom. The first-order valence-electron chi connectivity index (χ1n) is 11.6. The van der Waals surface area contributed by atoms with Crippen molar-refractivity contribution in [1.82, 2.24) is 0 Å². The van der Waals surface area contributed by atoms with Crippen LogP contribution in [0.1, 0.15) is 31.0 Å². The zero-order valence-corrected chi connectivity index (χ0v) is 22.0. The minimum atomic E-state index is -0.948. The third-order valence-electron chi connectivity index (χ3n) is 5.84. The predicted octanol–water partition coefficient (Wildman–Crippen LogP) is 6.43. The molecule has 37 heavy (non-hydrogen) atoms. The first kappa shape index (κ1) is 26.4. The summed E-state index contributed by atoms with van der Waals surface area (Å²) in [6.07, 6.45) is 0. The number of anilines is 1. The third-order valence-corrected chi connectivity index (χ3v) is 6.34. The molecule has 1 saturated heterocycles. The van der Waals surface area contributed by atoms with Crippen LogP contribution in [0.15, 0.2) is 66.2 Å². The fourth-order valence-electron chi connectivity index (χ4n) is 4.29. The summed E-state index contributed by atoms with van der Waals surface area (Å²) >= 11 is 12.5. The molecule has 0 aromatic heterocycles. The molecule has 192 valence electrons. The lowest BCUT2D eigenvalue weighted by Crippen LogP contribution is -2.29. The topological polar surface area (TPSA) is 85.3 Å². The number of nitrogens with zero attached hydrogens (tertiary/aromatic N) is 1. The van der Waals surface area contributed by atoms with E-state index >= 15 is 0 Å². The summed E-state index contributed by atoms with van der Waals surface area (Å²) in [6.45, 7) is 4.71. The highest BCUT2D eigenvalue weighted by molar-refractivity contribution is 6.52. The summed E-state index contributed by atoms with van der Waals surface area (Å²) < 4.78 is 16.4. The average Bonchev–Trinajstić information content (AvgIpc) is 3.15. The molecule has 0 spiro atoms. The van der Waals surface area contributed by atoms with Crippen LogP contribution in [0, 0.1) is 0 Å². The molecule has 0 bridgehead atoms. The number of rotatable bonds is 8. The molecule has 1 aliphatic heterocycles. The number of carbonyl (C=O) groups excluding carboxylic acids is 2. The van der Waals surface area contributed by atoms with E-state index in [1.54, 1.807) is 48.5 Å². The number of aliphatic hydroxyl groups is 1. The second-order valence-corrected chi connectivity index (χ2v) is 8.91. The molecule has 1 atom stereocenters.